The fourth-order valence-electron chi connectivity index (χ4n) is 4.66. The van der Waals surface area contributed by atoms with Gasteiger partial charge in [-0.3, -0.25) is 13.9 Å². The summed E-state index contributed by atoms with van der Waals surface area (Å²) in [4.78, 5) is 29.2. The first-order valence-corrected chi connectivity index (χ1v) is 16.1. The average molecular weight is 657 g/mol. The molecule has 1 atom stereocenters. The molecule has 2 amide bonds. The van der Waals surface area contributed by atoms with Crippen LogP contribution >= 0.6 is 23.2 Å². The molecule has 0 spiro atoms. The normalized spacial score (nSPS) is 12.0. The summed E-state index contributed by atoms with van der Waals surface area (Å²) < 4.78 is 43.7. The molecule has 0 aliphatic carbocycles. The predicted molar refractivity (Wildman–Crippen MR) is 172 cm³/mol. The number of nitrogens with zero attached hydrogens (tertiary/aromatic N) is 2. The lowest BCUT2D eigenvalue weighted by molar-refractivity contribution is -0.140. The lowest BCUT2D eigenvalue weighted by Crippen LogP contribution is -2.54. The van der Waals surface area contributed by atoms with Gasteiger partial charge in [0.2, 0.25) is 11.8 Å². The topological polar surface area (TPSA) is 86.8 Å². The quantitative estimate of drug-likeness (QED) is 0.189. The van der Waals surface area contributed by atoms with Crippen molar-refractivity contribution in [2.75, 3.05) is 10.8 Å². The Morgan fingerprint density at radius 1 is 0.864 bits per heavy atom. The SMILES string of the molecule is CC(C)NC(=O)C(Cc1ccccc1)N(Cc1ccc(Cl)cc1Cl)C(=O)CN(c1ccccc1F)S(=O)(=O)c1ccccc1. The summed E-state index contributed by atoms with van der Waals surface area (Å²) in [6.45, 7) is 2.66. The molecule has 4 aromatic rings. The van der Waals surface area contributed by atoms with Crippen LogP contribution in [0.2, 0.25) is 10.0 Å². The zero-order valence-electron chi connectivity index (χ0n) is 24.2. The van der Waals surface area contributed by atoms with Crippen LogP contribution in [0.4, 0.5) is 10.1 Å². The summed E-state index contributed by atoms with van der Waals surface area (Å²) in [6, 6.07) is 25.4. The molecule has 44 heavy (non-hydrogen) atoms. The molecule has 0 fully saturated rings. The van der Waals surface area contributed by atoms with Crippen LogP contribution in [0.1, 0.15) is 25.0 Å². The first-order valence-electron chi connectivity index (χ1n) is 13.9. The van der Waals surface area contributed by atoms with E-state index >= 15 is 4.39 Å². The van der Waals surface area contributed by atoms with Crippen LogP contribution in [-0.4, -0.2) is 43.8 Å². The van der Waals surface area contributed by atoms with E-state index in [1.807, 2.05) is 30.3 Å². The highest BCUT2D eigenvalue weighted by Crippen LogP contribution is 2.28. The van der Waals surface area contributed by atoms with Crippen molar-refractivity contribution in [3.8, 4) is 0 Å². The molecule has 4 rings (SSSR count). The molecule has 0 bridgehead atoms. The molecule has 0 aliphatic rings. The zero-order valence-corrected chi connectivity index (χ0v) is 26.5. The van der Waals surface area contributed by atoms with Crippen molar-refractivity contribution < 1.29 is 22.4 Å². The zero-order chi connectivity index (χ0) is 31.9. The van der Waals surface area contributed by atoms with Gasteiger partial charge in [0.25, 0.3) is 10.0 Å². The predicted octanol–water partition coefficient (Wildman–Crippen LogP) is 6.49. The van der Waals surface area contributed by atoms with E-state index in [1.165, 1.54) is 53.4 Å². The first-order chi connectivity index (χ1) is 21.0. The second kappa shape index (κ2) is 14.7. The largest absolute Gasteiger partial charge is 0.352 e. The van der Waals surface area contributed by atoms with E-state index in [-0.39, 0.29) is 34.6 Å². The standard InChI is InChI=1S/C33H32Cl2FN3O4S/c1-23(2)37-33(41)31(19-24-11-5-3-6-12-24)38(21-25-17-18-26(34)20-28(25)35)32(40)22-39(30-16-10-9-15-29(30)36)44(42,43)27-13-7-4-8-14-27/h3-18,20,23,31H,19,21-22H2,1-2H3,(H,37,41). The number of hydrogen-bond acceptors (Lipinski definition) is 4. The average Bonchev–Trinajstić information content (AvgIpc) is 2.99. The third kappa shape index (κ3) is 8.16. The number of nitrogens with one attached hydrogen (secondary N) is 1. The third-order valence-electron chi connectivity index (χ3n) is 6.79. The van der Waals surface area contributed by atoms with Gasteiger partial charge in [-0.1, -0.05) is 89.9 Å². The smallest absolute Gasteiger partial charge is 0.264 e. The van der Waals surface area contributed by atoms with Crippen molar-refractivity contribution in [3.63, 3.8) is 0 Å². The molecule has 7 nitrogen and oxygen atoms in total. The van der Waals surface area contributed by atoms with Crippen LogP contribution < -0.4 is 9.62 Å². The maximum atomic E-state index is 15.2. The molecule has 0 aromatic heterocycles. The fraction of sp³-hybridized carbons (Fsp3) is 0.212. The fourth-order valence-corrected chi connectivity index (χ4v) is 6.57. The Kier molecular flexibility index (Phi) is 11.0. The number of benzene rings is 4. The number of rotatable bonds is 12. The van der Waals surface area contributed by atoms with Crippen LogP contribution in [0, 0.1) is 5.82 Å². The van der Waals surface area contributed by atoms with Gasteiger partial charge >= 0.3 is 0 Å². The molecule has 4 aromatic carbocycles. The van der Waals surface area contributed by atoms with Crippen LogP contribution in [0.25, 0.3) is 0 Å². The van der Waals surface area contributed by atoms with E-state index in [4.69, 9.17) is 23.2 Å². The van der Waals surface area contributed by atoms with Crippen molar-refractivity contribution in [2.45, 2.75) is 43.8 Å². The van der Waals surface area contributed by atoms with Gasteiger partial charge in [-0.05, 0) is 61.4 Å². The van der Waals surface area contributed by atoms with Crippen molar-refractivity contribution in [3.05, 3.63) is 130 Å². The van der Waals surface area contributed by atoms with Crippen LogP contribution in [0.5, 0.6) is 0 Å². The van der Waals surface area contributed by atoms with E-state index in [0.717, 1.165) is 15.9 Å². The van der Waals surface area contributed by atoms with Crippen LogP contribution in [0.3, 0.4) is 0 Å². The van der Waals surface area contributed by atoms with Crippen molar-refractivity contribution in [1.82, 2.24) is 10.2 Å². The molecule has 0 radical (unpaired) electrons. The lowest BCUT2D eigenvalue weighted by Gasteiger charge is -2.34. The Balaban J connectivity index is 1.83. The highest BCUT2D eigenvalue weighted by molar-refractivity contribution is 7.92. The van der Waals surface area contributed by atoms with Gasteiger partial charge < -0.3 is 10.2 Å². The molecule has 1 N–H and O–H groups in total. The molecule has 0 saturated carbocycles. The number of para-hydroxylation sites is 1. The highest BCUT2D eigenvalue weighted by atomic mass is 35.5. The third-order valence-corrected chi connectivity index (χ3v) is 9.15. The Morgan fingerprint density at radius 3 is 2.09 bits per heavy atom. The Morgan fingerprint density at radius 2 is 1.48 bits per heavy atom. The van der Waals surface area contributed by atoms with E-state index in [2.05, 4.69) is 5.32 Å². The summed E-state index contributed by atoms with van der Waals surface area (Å²) in [5.74, 6) is -2.00. The van der Waals surface area contributed by atoms with E-state index < -0.39 is 40.2 Å². The van der Waals surface area contributed by atoms with Crippen LogP contribution in [-0.2, 0) is 32.6 Å². The number of amides is 2. The molecule has 0 heterocycles. The Hall–Kier alpha value is -3.92. The Bertz CT molecular complexity index is 1710. The highest BCUT2D eigenvalue weighted by Gasteiger charge is 2.35. The van der Waals surface area contributed by atoms with Gasteiger partial charge in [-0.15, -0.1) is 0 Å². The lowest BCUT2D eigenvalue weighted by atomic mass is 10.0. The van der Waals surface area contributed by atoms with Gasteiger partial charge in [-0.2, -0.15) is 0 Å². The maximum Gasteiger partial charge on any atom is 0.264 e. The maximum absolute atomic E-state index is 15.2. The Labute approximate surface area is 267 Å². The minimum absolute atomic E-state index is 0.123. The molecule has 11 heteroatoms. The minimum atomic E-state index is -4.41. The van der Waals surface area contributed by atoms with Crippen molar-refractivity contribution in [2.24, 2.45) is 0 Å². The summed E-state index contributed by atoms with van der Waals surface area (Å²) in [6.07, 6.45) is 0.126. The summed E-state index contributed by atoms with van der Waals surface area (Å²) in [7, 11) is -4.41. The molecule has 230 valence electrons. The molecule has 1 unspecified atom stereocenters. The second-order valence-electron chi connectivity index (χ2n) is 10.4. The van der Waals surface area contributed by atoms with E-state index in [0.29, 0.717) is 10.6 Å². The minimum Gasteiger partial charge on any atom is -0.352 e. The number of sulfonamides is 1. The van der Waals surface area contributed by atoms with Gasteiger partial charge in [0.05, 0.1) is 10.6 Å². The summed E-state index contributed by atoms with van der Waals surface area (Å²) >= 11 is 12.6. The van der Waals surface area contributed by atoms with Crippen molar-refractivity contribution >= 4 is 50.7 Å². The second-order valence-corrected chi connectivity index (χ2v) is 13.1. The molecular formula is C33H32Cl2FN3O4S. The first kappa shape index (κ1) is 33.0. The molecule has 0 aliphatic heterocycles. The molecule has 0 saturated heterocycles. The monoisotopic (exact) mass is 655 g/mol. The van der Waals surface area contributed by atoms with Crippen molar-refractivity contribution in [1.29, 1.82) is 0 Å². The van der Waals surface area contributed by atoms with Gasteiger partial charge in [-0.25, -0.2) is 12.8 Å². The van der Waals surface area contributed by atoms with E-state index in [9.17, 15) is 18.0 Å². The van der Waals surface area contributed by atoms with Gasteiger partial charge in [0.1, 0.15) is 18.4 Å². The number of hydrogen-bond donors (Lipinski definition) is 1. The summed E-state index contributed by atoms with van der Waals surface area (Å²) in [5.41, 5.74) is 0.961. The number of halogens is 3. The number of anilines is 1. The number of carbonyl (C=O) groups is 2. The van der Waals surface area contributed by atoms with Crippen LogP contribution in [0.15, 0.2) is 108 Å². The summed E-state index contributed by atoms with van der Waals surface area (Å²) in [5, 5.41) is 3.53. The number of carbonyl (C=O) groups excluding carboxylic acids is 2. The molecular weight excluding hydrogens is 624 g/mol. The van der Waals surface area contributed by atoms with E-state index in [1.54, 1.807) is 32.0 Å². The van der Waals surface area contributed by atoms with Gasteiger partial charge in [0.15, 0.2) is 0 Å². The van der Waals surface area contributed by atoms with Gasteiger partial charge in [0, 0.05) is 29.1 Å².